The summed E-state index contributed by atoms with van der Waals surface area (Å²) in [6.45, 7) is 3.37. The standard InChI is InChI=1S/C37H40N2O9/c1-35-15-13-24(40)17-22(35)8-10-25-27-14-16-37(47,36(27,2)19-30(42)33(25)35)31(43)20-48-32(44)12-7-21-5-3-4-6-28(21)39-38-23-9-11-29(41)26(18-23)34(45)46/h3-6,9,11,13,15,17-18,25,27,30,33,41-42,47H,7-8,10,12,14,16,19-20H2,1-2H3,(H,45,46)/t25-,27-,30-,33+,35-,36-,37-/m0/s1. The number of azo groups is 1. The van der Waals surface area contributed by atoms with Crippen LogP contribution in [0.3, 0.4) is 0 Å². The van der Waals surface area contributed by atoms with Gasteiger partial charge >= 0.3 is 11.9 Å². The van der Waals surface area contributed by atoms with E-state index in [1.807, 2.05) is 13.0 Å². The molecule has 7 atom stereocenters. The van der Waals surface area contributed by atoms with Gasteiger partial charge in [0.2, 0.25) is 5.78 Å². The van der Waals surface area contributed by atoms with E-state index in [1.165, 1.54) is 18.2 Å². The van der Waals surface area contributed by atoms with Crippen LogP contribution >= 0.6 is 0 Å². The highest BCUT2D eigenvalue weighted by atomic mass is 16.5. The summed E-state index contributed by atoms with van der Waals surface area (Å²) in [5, 5.41) is 50.7. The molecule has 0 unspecified atom stereocenters. The highest BCUT2D eigenvalue weighted by Gasteiger charge is 2.68. The monoisotopic (exact) mass is 656 g/mol. The SMILES string of the molecule is C[C@]12C=CC(=O)C=C1CC[C@@H]1[C@@H]2[C@@H](O)C[C@@]2(C)[C@H]1CC[C@]2(O)C(=O)COC(=O)CCc1ccccc1N=Nc1ccc(O)c(C(=O)O)c1. The maximum absolute atomic E-state index is 13.6. The fourth-order valence-corrected chi connectivity index (χ4v) is 9.05. The van der Waals surface area contributed by atoms with Gasteiger partial charge in [0.15, 0.2) is 12.4 Å². The van der Waals surface area contributed by atoms with Gasteiger partial charge in [0.25, 0.3) is 0 Å². The zero-order valence-corrected chi connectivity index (χ0v) is 27.0. The second-order valence-corrected chi connectivity index (χ2v) is 14.0. The van der Waals surface area contributed by atoms with Gasteiger partial charge in [0.1, 0.15) is 16.9 Å². The third-order valence-corrected chi connectivity index (χ3v) is 11.5. The molecule has 0 heterocycles. The van der Waals surface area contributed by atoms with Gasteiger partial charge in [-0.15, -0.1) is 0 Å². The van der Waals surface area contributed by atoms with Gasteiger partial charge in [0.05, 0.1) is 17.5 Å². The minimum Gasteiger partial charge on any atom is -0.507 e. The Labute approximate surface area is 278 Å². The van der Waals surface area contributed by atoms with Crippen LogP contribution < -0.4 is 0 Å². The first-order chi connectivity index (χ1) is 22.8. The zero-order valence-electron chi connectivity index (χ0n) is 27.0. The van der Waals surface area contributed by atoms with Crippen molar-refractivity contribution in [2.75, 3.05) is 6.61 Å². The van der Waals surface area contributed by atoms with Crippen LogP contribution in [-0.2, 0) is 25.5 Å². The molecule has 6 rings (SSSR count). The number of fused-ring (bicyclic) bond motifs is 5. The number of carboxylic acids is 1. The van der Waals surface area contributed by atoms with Crippen LogP contribution in [0.4, 0.5) is 11.4 Å². The van der Waals surface area contributed by atoms with Crippen LogP contribution in [0.2, 0.25) is 0 Å². The van der Waals surface area contributed by atoms with E-state index in [0.717, 1.165) is 18.4 Å². The van der Waals surface area contributed by atoms with Crippen molar-refractivity contribution in [3.63, 3.8) is 0 Å². The first-order valence-electron chi connectivity index (χ1n) is 16.4. The molecule has 2 aromatic carbocycles. The number of allylic oxidation sites excluding steroid dienone is 4. The van der Waals surface area contributed by atoms with Crippen LogP contribution in [0, 0.1) is 28.6 Å². The summed E-state index contributed by atoms with van der Waals surface area (Å²) in [6, 6.07) is 10.8. The molecule has 4 N–H and O–H groups in total. The molecule has 11 heteroatoms. The molecule has 3 saturated carbocycles. The number of aromatic carboxylic acids is 1. The van der Waals surface area contributed by atoms with Crippen molar-refractivity contribution >= 4 is 34.9 Å². The molecule has 4 aliphatic rings. The number of aliphatic hydroxyl groups is 2. The van der Waals surface area contributed by atoms with E-state index in [1.54, 1.807) is 36.4 Å². The molecule has 0 aliphatic heterocycles. The molecule has 0 spiro atoms. The lowest BCUT2D eigenvalue weighted by Gasteiger charge is -2.59. The number of nitrogens with zero attached hydrogens (tertiary/aromatic N) is 2. The van der Waals surface area contributed by atoms with Crippen LogP contribution in [0.1, 0.15) is 68.3 Å². The predicted octanol–water partition coefficient (Wildman–Crippen LogP) is 5.56. The number of ether oxygens (including phenoxy) is 1. The number of aliphatic hydroxyl groups excluding tert-OH is 1. The van der Waals surface area contributed by atoms with Crippen molar-refractivity contribution < 1.29 is 44.3 Å². The Balaban J connectivity index is 1.08. The number of benzene rings is 2. The highest BCUT2D eigenvalue weighted by molar-refractivity contribution is 6.01. The number of Topliss-reactive ketones (excluding diaryl/α,β-unsaturated/α-hetero) is 1. The minimum absolute atomic E-state index is 0.0112. The molecule has 0 saturated heterocycles. The van der Waals surface area contributed by atoms with E-state index in [9.17, 15) is 39.6 Å². The Morgan fingerprint density at radius 2 is 1.83 bits per heavy atom. The number of esters is 1. The van der Waals surface area contributed by atoms with E-state index in [2.05, 4.69) is 17.2 Å². The Bertz CT molecular complexity index is 1760. The lowest BCUT2D eigenvalue weighted by Crippen LogP contribution is -2.61. The summed E-state index contributed by atoms with van der Waals surface area (Å²) in [6.07, 6.45) is 7.14. The summed E-state index contributed by atoms with van der Waals surface area (Å²) in [5.41, 5.74) is -1.01. The lowest BCUT2D eigenvalue weighted by molar-refractivity contribution is -0.181. The molecular formula is C37H40N2O9. The molecular weight excluding hydrogens is 616 g/mol. The van der Waals surface area contributed by atoms with Crippen molar-refractivity contribution in [3.8, 4) is 5.75 Å². The molecule has 4 aliphatic carbocycles. The maximum atomic E-state index is 13.6. The van der Waals surface area contributed by atoms with Gasteiger partial charge in [-0.25, -0.2) is 4.79 Å². The normalized spacial score (nSPS) is 32.2. The van der Waals surface area contributed by atoms with Gasteiger partial charge in [-0.05, 0) is 92.3 Å². The fourth-order valence-electron chi connectivity index (χ4n) is 9.05. The van der Waals surface area contributed by atoms with Crippen LogP contribution in [0.5, 0.6) is 5.75 Å². The average Bonchev–Trinajstić information content (AvgIpc) is 3.33. The van der Waals surface area contributed by atoms with Crippen LogP contribution in [-0.4, -0.2) is 62.2 Å². The van der Waals surface area contributed by atoms with Gasteiger partial charge < -0.3 is 25.2 Å². The number of aromatic hydroxyl groups is 1. The number of carbonyl (C=O) groups is 4. The third-order valence-electron chi connectivity index (χ3n) is 11.5. The first kappa shape index (κ1) is 33.4. The molecule has 11 nitrogen and oxygen atoms in total. The number of ketones is 2. The van der Waals surface area contributed by atoms with E-state index in [-0.39, 0.29) is 66.2 Å². The fraction of sp³-hybridized carbons (Fsp3) is 0.459. The third kappa shape index (κ3) is 5.68. The molecule has 252 valence electrons. The molecule has 0 radical (unpaired) electrons. The molecule has 0 amide bonds. The largest absolute Gasteiger partial charge is 0.507 e. The predicted molar refractivity (Wildman–Crippen MR) is 173 cm³/mol. The van der Waals surface area contributed by atoms with Crippen molar-refractivity contribution in [2.45, 2.75) is 70.5 Å². The van der Waals surface area contributed by atoms with Gasteiger partial charge in [-0.2, -0.15) is 10.2 Å². The van der Waals surface area contributed by atoms with Crippen molar-refractivity contribution in [1.29, 1.82) is 0 Å². The molecule has 2 aromatic rings. The summed E-state index contributed by atoms with van der Waals surface area (Å²) in [7, 11) is 0. The summed E-state index contributed by atoms with van der Waals surface area (Å²) in [5.74, 6) is -2.98. The number of phenols is 1. The molecule has 3 fully saturated rings. The molecule has 0 aromatic heterocycles. The maximum Gasteiger partial charge on any atom is 0.339 e. The minimum atomic E-state index is -1.75. The zero-order chi connectivity index (χ0) is 34.4. The Morgan fingerprint density at radius 1 is 1.06 bits per heavy atom. The number of aryl methyl sites for hydroxylation is 1. The van der Waals surface area contributed by atoms with Gasteiger partial charge in [-0.3, -0.25) is 14.4 Å². The van der Waals surface area contributed by atoms with Crippen molar-refractivity contribution in [2.24, 2.45) is 38.8 Å². The second kappa shape index (κ2) is 12.5. The smallest absolute Gasteiger partial charge is 0.339 e. The Hall–Kier alpha value is -4.48. The number of carboxylic acid groups (broad SMARTS) is 1. The average molecular weight is 657 g/mol. The van der Waals surface area contributed by atoms with E-state index < -0.39 is 46.9 Å². The molecule has 0 bridgehead atoms. The quantitative estimate of drug-likeness (QED) is 0.198. The topological polar surface area (TPSA) is 183 Å². The number of rotatable bonds is 9. The number of hydrogen-bond donors (Lipinski definition) is 4. The molecule has 48 heavy (non-hydrogen) atoms. The summed E-state index contributed by atoms with van der Waals surface area (Å²) in [4.78, 5) is 49.8. The number of hydrogen-bond acceptors (Lipinski definition) is 10. The van der Waals surface area contributed by atoms with Crippen LogP contribution in [0.15, 0.2) is 76.5 Å². The van der Waals surface area contributed by atoms with E-state index in [4.69, 9.17) is 4.74 Å². The van der Waals surface area contributed by atoms with Gasteiger partial charge in [-0.1, -0.05) is 43.7 Å². The second-order valence-electron chi connectivity index (χ2n) is 14.0. The lowest BCUT2D eigenvalue weighted by atomic mass is 9.46. The number of carbonyl (C=O) groups excluding carboxylic acids is 3. The van der Waals surface area contributed by atoms with Gasteiger partial charge in [0, 0.05) is 23.2 Å². The van der Waals surface area contributed by atoms with E-state index >= 15 is 0 Å². The first-order valence-corrected chi connectivity index (χ1v) is 16.4. The van der Waals surface area contributed by atoms with Crippen LogP contribution in [0.25, 0.3) is 0 Å². The van der Waals surface area contributed by atoms with Crippen molar-refractivity contribution in [3.05, 3.63) is 77.4 Å². The summed E-state index contributed by atoms with van der Waals surface area (Å²) >= 11 is 0. The highest BCUT2D eigenvalue weighted by Crippen LogP contribution is 2.67. The van der Waals surface area contributed by atoms with Crippen molar-refractivity contribution in [1.82, 2.24) is 0 Å². The summed E-state index contributed by atoms with van der Waals surface area (Å²) < 4.78 is 5.38. The Morgan fingerprint density at radius 3 is 2.60 bits per heavy atom. The Kier molecular flexibility index (Phi) is 8.72. The van der Waals surface area contributed by atoms with E-state index in [0.29, 0.717) is 17.7 Å².